The number of carbonyl (C=O) groups excluding carboxylic acids is 1. The summed E-state index contributed by atoms with van der Waals surface area (Å²) in [5.74, 6) is 0.133. The van der Waals surface area contributed by atoms with E-state index in [1.54, 1.807) is 0 Å². The summed E-state index contributed by atoms with van der Waals surface area (Å²) in [4.78, 5) is 11.9. The minimum absolute atomic E-state index is 0.151. The molecule has 106 valence electrons. The zero-order valence-corrected chi connectivity index (χ0v) is 11.7. The molecule has 0 aromatic carbocycles. The van der Waals surface area contributed by atoms with Crippen LogP contribution in [0.2, 0.25) is 0 Å². The molecule has 0 spiro atoms. The minimum Gasteiger partial charge on any atom is -0.465 e. The van der Waals surface area contributed by atoms with Crippen LogP contribution < -0.4 is 5.32 Å². The summed E-state index contributed by atoms with van der Waals surface area (Å²) in [6.07, 6.45) is 6.21. The molecular weight excluding hydrogens is 230 g/mol. The Kier molecular flexibility index (Phi) is 7.28. The number of nitrogens with one attached hydrogen (secondary N) is 1. The summed E-state index contributed by atoms with van der Waals surface area (Å²) >= 11 is 0. The Balaban J connectivity index is 2.54. The molecule has 0 saturated heterocycles. The Bertz CT molecular complexity index is 245. The van der Waals surface area contributed by atoms with Gasteiger partial charge in [0.25, 0.3) is 0 Å². The van der Waals surface area contributed by atoms with Gasteiger partial charge < -0.3 is 15.2 Å². The van der Waals surface area contributed by atoms with Gasteiger partial charge in [-0.15, -0.1) is 0 Å². The van der Waals surface area contributed by atoms with Crippen LogP contribution in [0.1, 0.15) is 52.4 Å². The highest BCUT2D eigenvalue weighted by atomic mass is 16.5. The van der Waals surface area contributed by atoms with Crippen LogP contribution in [-0.4, -0.2) is 36.4 Å². The standard InChI is InChI=1S/C14H27NO3/c1-3-7-13(14(17)18-4-2)15-12-9-6-5-8-11(12)10-16/h11-13,15-16H,3-10H2,1-2H3. The zero-order valence-electron chi connectivity index (χ0n) is 11.7. The smallest absolute Gasteiger partial charge is 0.323 e. The van der Waals surface area contributed by atoms with Crippen LogP contribution in [0.25, 0.3) is 0 Å². The first-order chi connectivity index (χ1) is 8.72. The van der Waals surface area contributed by atoms with Crippen molar-refractivity contribution in [2.45, 2.75) is 64.5 Å². The number of esters is 1. The fraction of sp³-hybridized carbons (Fsp3) is 0.929. The van der Waals surface area contributed by atoms with Gasteiger partial charge in [0, 0.05) is 12.6 Å². The van der Waals surface area contributed by atoms with Crippen molar-refractivity contribution < 1.29 is 14.6 Å². The van der Waals surface area contributed by atoms with Gasteiger partial charge in [-0.25, -0.2) is 0 Å². The van der Waals surface area contributed by atoms with Crippen LogP contribution in [0.3, 0.4) is 0 Å². The molecule has 0 aliphatic heterocycles. The van der Waals surface area contributed by atoms with E-state index in [-0.39, 0.29) is 30.6 Å². The van der Waals surface area contributed by atoms with Crippen molar-refractivity contribution in [2.24, 2.45) is 5.92 Å². The maximum absolute atomic E-state index is 11.9. The van der Waals surface area contributed by atoms with Crippen LogP contribution in [-0.2, 0) is 9.53 Å². The molecule has 0 aromatic heterocycles. The second kappa shape index (κ2) is 8.48. The first kappa shape index (κ1) is 15.4. The van der Waals surface area contributed by atoms with E-state index < -0.39 is 0 Å². The number of ether oxygens (including phenoxy) is 1. The van der Waals surface area contributed by atoms with Gasteiger partial charge in [-0.3, -0.25) is 4.79 Å². The van der Waals surface area contributed by atoms with E-state index in [1.165, 1.54) is 12.8 Å². The van der Waals surface area contributed by atoms with Crippen molar-refractivity contribution in [3.05, 3.63) is 0 Å². The summed E-state index contributed by atoms with van der Waals surface area (Å²) in [6.45, 7) is 4.53. The van der Waals surface area contributed by atoms with Gasteiger partial charge in [0.15, 0.2) is 0 Å². The lowest BCUT2D eigenvalue weighted by Crippen LogP contribution is -2.49. The molecule has 3 unspecified atom stereocenters. The average molecular weight is 257 g/mol. The van der Waals surface area contributed by atoms with Crippen molar-refractivity contribution in [1.29, 1.82) is 0 Å². The number of hydrogen-bond acceptors (Lipinski definition) is 4. The molecule has 0 aromatic rings. The van der Waals surface area contributed by atoms with E-state index in [0.717, 1.165) is 25.7 Å². The van der Waals surface area contributed by atoms with Crippen LogP contribution in [0.4, 0.5) is 0 Å². The Labute approximate surface area is 110 Å². The van der Waals surface area contributed by atoms with Gasteiger partial charge in [0.1, 0.15) is 6.04 Å². The quantitative estimate of drug-likeness (QED) is 0.683. The molecule has 1 fully saturated rings. The summed E-state index contributed by atoms with van der Waals surface area (Å²) in [5.41, 5.74) is 0. The van der Waals surface area contributed by atoms with Gasteiger partial charge >= 0.3 is 5.97 Å². The number of aliphatic hydroxyl groups excluding tert-OH is 1. The number of carbonyl (C=O) groups is 1. The summed E-state index contributed by atoms with van der Waals surface area (Å²) in [7, 11) is 0. The maximum atomic E-state index is 11.9. The molecule has 0 heterocycles. The van der Waals surface area contributed by atoms with E-state index in [1.807, 2.05) is 6.92 Å². The number of hydrogen-bond donors (Lipinski definition) is 2. The Morgan fingerprint density at radius 1 is 1.39 bits per heavy atom. The van der Waals surface area contributed by atoms with Crippen molar-refractivity contribution >= 4 is 5.97 Å². The van der Waals surface area contributed by atoms with Gasteiger partial charge in [-0.05, 0) is 32.1 Å². The second-order valence-corrected chi connectivity index (χ2v) is 5.09. The molecule has 0 radical (unpaired) electrons. The molecule has 3 atom stereocenters. The third kappa shape index (κ3) is 4.58. The predicted molar refractivity (Wildman–Crippen MR) is 71.3 cm³/mol. The molecule has 1 saturated carbocycles. The Morgan fingerprint density at radius 3 is 2.72 bits per heavy atom. The number of rotatable bonds is 7. The molecule has 1 aliphatic rings. The van der Waals surface area contributed by atoms with Gasteiger partial charge in [0.05, 0.1) is 6.61 Å². The fourth-order valence-corrected chi connectivity index (χ4v) is 2.70. The van der Waals surface area contributed by atoms with Crippen LogP contribution in [0, 0.1) is 5.92 Å². The lowest BCUT2D eigenvalue weighted by atomic mass is 9.84. The normalized spacial score (nSPS) is 25.7. The lowest BCUT2D eigenvalue weighted by Gasteiger charge is -2.33. The molecule has 4 heteroatoms. The molecule has 1 rings (SSSR count). The summed E-state index contributed by atoms with van der Waals surface area (Å²) in [5, 5.41) is 12.8. The second-order valence-electron chi connectivity index (χ2n) is 5.09. The highest BCUT2D eigenvalue weighted by molar-refractivity contribution is 5.75. The largest absolute Gasteiger partial charge is 0.465 e. The summed E-state index contributed by atoms with van der Waals surface area (Å²) < 4.78 is 5.10. The van der Waals surface area contributed by atoms with Crippen molar-refractivity contribution in [3.8, 4) is 0 Å². The molecule has 0 bridgehead atoms. The predicted octanol–water partition coefficient (Wildman–Crippen LogP) is 1.86. The highest BCUT2D eigenvalue weighted by Gasteiger charge is 2.29. The van der Waals surface area contributed by atoms with Gasteiger partial charge in [-0.1, -0.05) is 26.2 Å². The number of aliphatic hydroxyl groups is 1. The Morgan fingerprint density at radius 2 is 2.11 bits per heavy atom. The van der Waals surface area contributed by atoms with Gasteiger partial charge in [0.2, 0.25) is 0 Å². The van der Waals surface area contributed by atoms with Gasteiger partial charge in [-0.2, -0.15) is 0 Å². The topological polar surface area (TPSA) is 58.6 Å². The van der Waals surface area contributed by atoms with Crippen LogP contribution in [0.15, 0.2) is 0 Å². The summed E-state index contributed by atoms with van der Waals surface area (Å²) in [6, 6.07) is 0.0387. The highest BCUT2D eigenvalue weighted by Crippen LogP contribution is 2.24. The fourth-order valence-electron chi connectivity index (χ4n) is 2.70. The molecular formula is C14H27NO3. The molecule has 0 amide bonds. The van der Waals surface area contributed by atoms with Crippen molar-refractivity contribution in [1.82, 2.24) is 5.32 Å². The lowest BCUT2D eigenvalue weighted by molar-refractivity contribution is -0.146. The van der Waals surface area contributed by atoms with E-state index in [2.05, 4.69) is 12.2 Å². The van der Waals surface area contributed by atoms with E-state index in [4.69, 9.17) is 4.74 Å². The Hall–Kier alpha value is -0.610. The SMILES string of the molecule is CCCC(NC1CCCCC1CO)C(=O)OCC. The first-order valence-electron chi connectivity index (χ1n) is 7.26. The van der Waals surface area contributed by atoms with Crippen LogP contribution >= 0.6 is 0 Å². The monoisotopic (exact) mass is 257 g/mol. The third-order valence-electron chi connectivity index (χ3n) is 3.71. The molecule has 18 heavy (non-hydrogen) atoms. The third-order valence-corrected chi connectivity index (χ3v) is 3.71. The van der Waals surface area contributed by atoms with Crippen molar-refractivity contribution in [3.63, 3.8) is 0 Å². The maximum Gasteiger partial charge on any atom is 0.323 e. The minimum atomic E-state index is -0.216. The average Bonchev–Trinajstić information content (AvgIpc) is 2.39. The van der Waals surface area contributed by atoms with E-state index >= 15 is 0 Å². The molecule has 4 nitrogen and oxygen atoms in total. The first-order valence-corrected chi connectivity index (χ1v) is 7.26. The van der Waals surface area contributed by atoms with E-state index in [9.17, 15) is 9.90 Å². The molecule has 1 aliphatic carbocycles. The molecule has 2 N–H and O–H groups in total. The van der Waals surface area contributed by atoms with E-state index in [0.29, 0.717) is 6.61 Å². The van der Waals surface area contributed by atoms with Crippen molar-refractivity contribution in [2.75, 3.05) is 13.2 Å². The van der Waals surface area contributed by atoms with Crippen LogP contribution in [0.5, 0.6) is 0 Å². The zero-order chi connectivity index (χ0) is 13.4.